The van der Waals surface area contributed by atoms with E-state index >= 15 is 0 Å². The van der Waals surface area contributed by atoms with Crippen LogP contribution in [0.15, 0.2) is 41.3 Å². The third-order valence-electron chi connectivity index (χ3n) is 4.80. The monoisotopic (exact) mass is 387 g/mol. The molecular weight excluding hydrogens is 366 g/mol. The van der Waals surface area contributed by atoms with Crippen LogP contribution >= 0.6 is 0 Å². The Balaban J connectivity index is 1.96. The molecule has 0 heterocycles. The lowest BCUT2D eigenvalue weighted by atomic mass is 9.92. The zero-order valence-corrected chi connectivity index (χ0v) is 16.2. The minimum absolute atomic E-state index is 0.144. The number of aromatic carboxylic acids is 1. The average molecular weight is 387 g/mol. The van der Waals surface area contributed by atoms with Crippen molar-refractivity contribution in [2.24, 2.45) is 0 Å². The molecule has 2 aromatic carbocycles. The summed E-state index contributed by atoms with van der Waals surface area (Å²) in [6, 6.07) is 9.64. The summed E-state index contributed by atoms with van der Waals surface area (Å²) in [4.78, 5) is 24.1. The highest BCUT2D eigenvalue weighted by Crippen LogP contribution is 2.49. The molecule has 142 valence electrons. The van der Waals surface area contributed by atoms with E-state index in [9.17, 15) is 23.1 Å². The molecule has 0 radical (unpaired) electrons. The van der Waals surface area contributed by atoms with Crippen LogP contribution < -0.4 is 5.32 Å². The van der Waals surface area contributed by atoms with Gasteiger partial charge in [-0.2, -0.15) is 0 Å². The summed E-state index contributed by atoms with van der Waals surface area (Å²) < 4.78 is 23.7. The van der Waals surface area contributed by atoms with Gasteiger partial charge < -0.3 is 10.4 Å². The highest BCUT2D eigenvalue weighted by Gasteiger charge is 2.51. The van der Waals surface area contributed by atoms with Crippen LogP contribution in [0.2, 0.25) is 0 Å². The van der Waals surface area contributed by atoms with Gasteiger partial charge in [0.25, 0.3) is 0 Å². The molecule has 1 aliphatic rings. The zero-order chi connectivity index (χ0) is 20.0. The molecule has 0 bridgehead atoms. The highest BCUT2D eigenvalue weighted by atomic mass is 32.2. The topological polar surface area (TPSA) is 101 Å². The van der Waals surface area contributed by atoms with Gasteiger partial charge in [0.2, 0.25) is 5.91 Å². The number of sulfone groups is 1. The normalized spacial score (nSPS) is 15.2. The summed E-state index contributed by atoms with van der Waals surface area (Å²) in [5, 5.41) is 12.0. The molecule has 6 nitrogen and oxygen atoms in total. The van der Waals surface area contributed by atoms with Crippen molar-refractivity contribution in [3.05, 3.63) is 58.7 Å². The molecule has 1 fully saturated rings. The summed E-state index contributed by atoms with van der Waals surface area (Å²) in [5.41, 5.74) is 2.38. The van der Waals surface area contributed by atoms with E-state index in [2.05, 4.69) is 5.32 Å². The van der Waals surface area contributed by atoms with Gasteiger partial charge in [-0.25, -0.2) is 13.2 Å². The maximum Gasteiger partial charge on any atom is 0.335 e. The van der Waals surface area contributed by atoms with Crippen LogP contribution in [0, 0.1) is 13.8 Å². The molecular formula is C20H21NO5S. The first-order valence-electron chi connectivity index (χ1n) is 8.50. The van der Waals surface area contributed by atoms with Gasteiger partial charge in [0.15, 0.2) is 9.84 Å². The van der Waals surface area contributed by atoms with Gasteiger partial charge in [-0.1, -0.05) is 29.3 Å². The molecule has 2 N–H and O–H groups in total. The Labute approximate surface area is 158 Å². The Bertz CT molecular complexity index is 1030. The first-order valence-corrected chi connectivity index (χ1v) is 10.4. The minimum atomic E-state index is -3.62. The maximum absolute atomic E-state index is 13.0. The Hall–Kier alpha value is -2.67. The van der Waals surface area contributed by atoms with Crippen LogP contribution in [0.25, 0.3) is 0 Å². The SMILES string of the molecule is Cc1cc(C)cc(C2(C(=O)Nc3cc(C(=O)O)cc(S(C)(=O)=O)c3)CC2)c1. The average Bonchev–Trinajstić information content (AvgIpc) is 3.34. The van der Waals surface area contributed by atoms with Crippen molar-refractivity contribution in [1.82, 2.24) is 0 Å². The maximum atomic E-state index is 13.0. The Morgan fingerprint density at radius 3 is 2.07 bits per heavy atom. The molecule has 0 unspecified atom stereocenters. The molecule has 0 aliphatic heterocycles. The fourth-order valence-corrected chi connectivity index (χ4v) is 3.96. The van der Waals surface area contributed by atoms with Crippen molar-refractivity contribution >= 4 is 27.4 Å². The molecule has 0 spiro atoms. The van der Waals surface area contributed by atoms with Crippen molar-refractivity contribution in [3.8, 4) is 0 Å². The smallest absolute Gasteiger partial charge is 0.335 e. The summed E-state index contributed by atoms with van der Waals surface area (Å²) in [5.74, 6) is -1.51. The first-order chi connectivity index (χ1) is 12.5. The van der Waals surface area contributed by atoms with Gasteiger partial charge in [-0.05, 0) is 50.5 Å². The number of hydrogen-bond donors (Lipinski definition) is 2. The molecule has 0 saturated heterocycles. The molecule has 1 aliphatic carbocycles. The first kappa shape index (κ1) is 19.1. The van der Waals surface area contributed by atoms with E-state index in [0.717, 1.165) is 29.0 Å². The van der Waals surface area contributed by atoms with Crippen LogP contribution in [0.1, 0.15) is 39.9 Å². The predicted molar refractivity (Wildman–Crippen MR) is 102 cm³/mol. The van der Waals surface area contributed by atoms with E-state index in [1.54, 1.807) is 0 Å². The van der Waals surface area contributed by atoms with Crippen LogP contribution in [0.5, 0.6) is 0 Å². The predicted octanol–water partition coefficient (Wildman–Crippen LogP) is 3.08. The third kappa shape index (κ3) is 3.88. The Morgan fingerprint density at radius 1 is 1.00 bits per heavy atom. The van der Waals surface area contributed by atoms with Gasteiger partial charge in [0, 0.05) is 11.9 Å². The number of hydrogen-bond acceptors (Lipinski definition) is 4. The summed E-state index contributed by atoms with van der Waals surface area (Å²) in [6.07, 6.45) is 2.38. The zero-order valence-electron chi connectivity index (χ0n) is 15.4. The number of nitrogens with one attached hydrogen (secondary N) is 1. The highest BCUT2D eigenvalue weighted by molar-refractivity contribution is 7.90. The summed E-state index contributed by atoms with van der Waals surface area (Å²) >= 11 is 0. The number of carbonyl (C=O) groups is 2. The van der Waals surface area contributed by atoms with Crippen molar-refractivity contribution in [2.45, 2.75) is 37.0 Å². The molecule has 1 amide bonds. The molecule has 27 heavy (non-hydrogen) atoms. The standard InChI is InChI=1S/C20H21NO5S/c1-12-6-13(2)8-15(7-12)20(4-5-20)19(24)21-16-9-14(18(22)23)10-17(11-16)27(3,25)26/h6-11H,4-5H2,1-3H3,(H,21,24)(H,22,23). The Kier molecular flexibility index (Phi) is 4.59. The van der Waals surface area contributed by atoms with Crippen LogP contribution in [0.4, 0.5) is 5.69 Å². The van der Waals surface area contributed by atoms with E-state index in [4.69, 9.17) is 0 Å². The van der Waals surface area contributed by atoms with Gasteiger partial charge in [0.1, 0.15) is 0 Å². The number of rotatable bonds is 5. The van der Waals surface area contributed by atoms with Crippen molar-refractivity contribution in [2.75, 3.05) is 11.6 Å². The van der Waals surface area contributed by atoms with E-state index in [0.29, 0.717) is 12.8 Å². The van der Waals surface area contributed by atoms with Gasteiger partial charge in [-0.15, -0.1) is 0 Å². The number of aryl methyl sites for hydroxylation is 2. The van der Waals surface area contributed by atoms with Crippen LogP contribution in [-0.4, -0.2) is 31.7 Å². The number of carboxylic acid groups (broad SMARTS) is 1. The molecule has 1 saturated carbocycles. The van der Waals surface area contributed by atoms with Gasteiger partial charge in [0.05, 0.1) is 15.9 Å². The molecule has 3 rings (SSSR count). The fraction of sp³-hybridized carbons (Fsp3) is 0.300. The number of amides is 1. The summed E-state index contributed by atoms with van der Waals surface area (Å²) in [7, 11) is -3.62. The van der Waals surface area contributed by atoms with Gasteiger partial charge in [-0.3, -0.25) is 4.79 Å². The number of carboxylic acids is 1. The largest absolute Gasteiger partial charge is 0.478 e. The molecule has 0 atom stereocenters. The van der Waals surface area contributed by atoms with Gasteiger partial charge >= 0.3 is 5.97 Å². The van der Waals surface area contributed by atoms with Crippen LogP contribution in [0.3, 0.4) is 0 Å². The number of carbonyl (C=O) groups excluding carboxylic acids is 1. The van der Waals surface area contributed by atoms with E-state index < -0.39 is 21.2 Å². The second-order valence-electron chi connectivity index (χ2n) is 7.24. The number of anilines is 1. The van der Waals surface area contributed by atoms with Crippen molar-refractivity contribution in [3.63, 3.8) is 0 Å². The lowest BCUT2D eigenvalue weighted by Crippen LogP contribution is -2.28. The van der Waals surface area contributed by atoms with E-state index in [1.807, 2.05) is 32.0 Å². The van der Waals surface area contributed by atoms with E-state index in [1.165, 1.54) is 12.1 Å². The van der Waals surface area contributed by atoms with Crippen molar-refractivity contribution in [1.29, 1.82) is 0 Å². The lowest BCUT2D eigenvalue weighted by Gasteiger charge is -2.18. The van der Waals surface area contributed by atoms with Crippen LogP contribution in [-0.2, 0) is 20.0 Å². The van der Waals surface area contributed by atoms with Crippen molar-refractivity contribution < 1.29 is 23.1 Å². The summed E-state index contributed by atoms with van der Waals surface area (Å²) in [6.45, 7) is 3.94. The lowest BCUT2D eigenvalue weighted by molar-refractivity contribution is -0.118. The quantitative estimate of drug-likeness (QED) is 0.821. The minimum Gasteiger partial charge on any atom is -0.478 e. The molecule has 0 aromatic heterocycles. The van der Waals surface area contributed by atoms with E-state index in [-0.39, 0.29) is 22.1 Å². The third-order valence-corrected chi connectivity index (χ3v) is 5.89. The molecule has 2 aromatic rings. The second-order valence-corrected chi connectivity index (χ2v) is 9.25. The number of benzene rings is 2. The fourth-order valence-electron chi connectivity index (χ4n) is 3.28. The Morgan fingerprint density at radius 2 is 1.59 bits per heavy atom. The second kappa shape index (κ2) is 6.49. The molecule has 7 heteroatoms.